The predicted molar refractivity (Wildman–Crippen MR) is 69.7 cm³/mol. The van der Waals surface area contributed by atoms with Crippen LogP contribution >= 0.6 is 28.3 Å². The first-order chi connectivity index (χ1) is 6.77. The van der Waals surface area contributed by atoms with E-state index in [1.54, 1.807) is 0 Å². The van der Waals surface area contributed by atoms with Crippen molar-refractivity contribution in [3.8, 4) is 0 Å². The van der Waals surface area contributed by atoms with Crippen molar-refractivity contribution in [2.75, 3.05) is 19.6 Å². The third-order valence-electron chi connectivity index (χ3n) is 2.66. The van der Waals surface area contributed by atoms with Crippen LogP contribution in [0.2, 0.25) is 0 Å². The summed E-state index contributed by atoms with van der Waals surface area (Å²) in [7, 11) is 0. The van der Waals surface area contributed by atoms with Crippen LogP contribution in [-0.4, -0.2) is 19.6 Å². The zero-order valence-corrected chi connectivity index (χ0v) is 11.1. The van der Waals surface area contributed by atoms with E-state index in [2.05, 4.69) is 51.7 Å². The molecule has 0 spiro atoms. The van der Waals surface area contributed by atoms with Crippen LogP contribution < -0.4 is 10.6 Å². The highest BCUT2D eigenvalue weighted by Crippen LogP contribution is 2.22. The Kier molecular flexibility index (Phi) is 5.06. The SMILES string of the molecule is Cc1ccc(Br)cc1[C@@H]1CNCCN1.Cl. The first-order valence-electron chi connectivity index (χ1n) is 4.97. The Morgan fingerprint density at radius 1 is 1.33 bits per heavy atom. The standard InChI is InChI=1S/C11H15BrN2.ClH/c1-8-2-3-9(12)6-10(8)11-7-13-4-5-14-11;/h2-3,6,11,13-14H,4-5,7H2,1H3;1H/t11-;/m0./s1. The molecule has 1 atom stereocenters. The average molecular weight is 292 g/mol. The van der Waals surface area contributed by atoms with E-state index in [9.17, 15) is 0 Å². The largest absolute Gasteiger partial charge is 0.314 e. The van der Waals surface area contributed by atoms with E-state index in [4.69, 9.17) is 0 Å². The Bertz CT molecular complexity index is 324. The summed E-state index contributed by atoms with van der Waals surface area (Å²) in [5.41, 5.74) is 2.75. The molecule has 0 saturated carbocycles. The van der Waals surface area contributed by atoms with E-state index >= 15 is 0 Å². The quantitative estimate of drug-likeness (QED) is 0.830. The number of halogens is 2. The maximum absolute atomic E-state index is 3.52. The highest BCUT2D eigenvalue weighted by Gasteiger charge is 2.15. The van der Waals surface area contributed by atoms with E-state index < -0.39 is 0 Å². The number of aryl methyl sites for hydroxylation is 1. The zero-order valence-electron chi connectivity index (χ0n) is 8.72. The second-order valence-electron chi connectivity index (χ2n) is 3.71. The fourth-order valence-electron chi connectivity index (χ4n) is 1.86. The first-order valence-corrected chi connectivity index (χ1v) is 5.77. The van der Waals surface area contributed by atoms with Gasteiger partial charge in [-0.1, -0.05) is 22.0 Å². The van der Waals surface area contributed by atoms with Crippen LogP contribution in [-0.2, 0) is 0 Å². The van der Waals surface area contributed by atoms with Crippen LogP contribution in [0.5, 0.6) is 0 Å². The molecular formula is C11H16BrClN2. The number of piperazine rings is 1. The molecule has 4 heteroatoms. The molecule has 0 bridgehead atoms. The molecule has 0 unspecified atom stereocenters. The molecule has 1 aromatic carbocycles. The number of hydrogen-bond donors (Lipinski definition) is 2. The topological polar surface area (TPSA) is 24.1 Å². The van der Waals surface area contributed by atoms with Crippen LogP contribution in [0.1, 0.15) is 17.2 Å². The third-order valence-corrected chi connectivity index (χ3v) is 3.15. The van der Waals surface area contributed by atoms with Crippen molar-refractivity contribution in [2.24, 2.45) is 0 Å². The molecule has 2 N–H and O–H groups in total. The van der Waals surface area contributed by atoms with Gasteiger partial charge in [-0.15, -0.1) is 12.4 Å². The first kappa shape index (κ1) is 13.0. The number of rotatable bonds is 1. The average Bonchev–Trinajstić information content (AvgIpc) is 2.23. The van der Waals surface area contributed by atoms with E-state index in [1.165, 1.54) is 11.1 Å². The minimum absolute atomic E-state index is 0. The monoisotopic (exact) mass is 290 g/mol. The lowest BCUT2D eigenvalue weighted by Crippen LogP contribution is -2.42. The van der Waals surface area contributed by atoms with Gasteiger partial charge in [-0.3, -0.25) is 0 Å². The van der Waals surface area contributed by atoms with Crippen molar-refractivity contribution < 1.29 is 0 Å². The molecule has 1 heterocycles. The minimum Gasteiger partial charge on any atom is -0.314 e. The molecule has 0 aromatic heterocycles. The molecule has 0 radical (unpaired) electrons. The lowest BCUT2D eigenvalue weighted by Gasteiger charge is -2.26. The molecular weight excluding hydrogens is 275 g/mol. The summed E-state index contributed by atoms with van der Waals surface area (Å²) in [6, 6.07) is 6.92. The van der Waals surface area contributed by atoms with Crippen molar-refractivity contribution >= 4 is 28.3 Å². The van der Waals surface area contributed by atoms with Crippen LogP contribution in [0.4, 0.5) is 0 Å². The highest BCUT2D eigenvalue weighted by molar-refractivity contribution is 9.10. The number of hydrogen-bond acceptors (Lipinski definition) is 2. The van der Waals surface area contributed by atoms with Gasteiger partial charge in [0.1, 0.15) is 0 Å². The van der Waals surface area contributed by atoms with Gasteiger partial charge in [0.2, 0.25) is 0 Å². The van der Waals surface area contributed by atoms with E-state index in [0.717, 1.165) is 24.1 Å². The summed E-state index contributed by atoms with van der Waals surface area (Å²) in [6.45, 7) is 5.32. The molecule has 15 heavy (non-hydrogen) atoms. The van der Waals surface area contributed by atoms with Gasteiger partial charge in [-0.05, 0) is 30.2 Å². The van der Waals surface area contributed by atoms with E-state index in [0.29, 0.717) is 6.04 Å². The Hall–Kier alpha value is -0.0900. The van der Waals surface area contributed by atoms with Gasteiger partial charge in [-0.2, -0.15) is 0 Å². The van der Waals surface area contributed by atoms with Gasteiger partial charge in [0.05, 0.1) is 0 Å². The maximum Gasteiger partial charge on any atom is 0.0450 e. The van der Waals surface area contributed by atoms with Gasteiger partial charge in [0, 0.05) is 30.1 Å². The van der Waals surface area contributed by atoms with Gasteiger partial charge in [0.15, 0.2) is 0 Å². The van der Waals surface area contributed by atoms with Gasteiger partial charge in [-0.25, -0.2) is 0 Å². The second-order valence-corrected chi connectivity index (χ2v) is 4.63. The molecule has 1 fully saturated rings. The normalized spacial score (nSPS) is 20.8. The van der Waals surface area contributed by atoms with Crippen molar-refractivity contribution in [1.29, 1.82) is 0 Å². The molecule has 1 aliphatic heterocycles. The van der Waals surface area contributed by atoms with Crippen LogP contribution in [0.3, 0.4) is 0 Å². The molecule has 1 aliphatic rings. The molecule has 1 saturated heterocycles. The summed E-state index contributed by atoms with van der Waals surface area (Å²) < 4.78 is 1.16. The summed E-state index contributed by atoms with van der Waals surface area (Å²) in [5.74, 6) is 0. The summed E-state index contributed by atoms with van der Waals surface area (Å²) >= 11 is 3.51. The number of nitrogens with one attached hydrogen (secondary N) is 2. The smallest absolute Gasteiger partial charge is 0.0450 e. The molecule has 2 nitrogen and oxygen atoms in total. The Morgan fingerprint density at radius 3 is 2.80 bits per heavy atom. The lowest BCUT2D eigenvalue weighted by atomic mass is 10.0. The maximum atomic E-state index is 3.52. The van der Waals surface area contributed by atoms with Gasteiger partial charge < -0.3 is 10.6 Å². The van der Waals surface area contributed by atoms with Crippen molar-refractivity contribution in [2.45, 2.75) is 13.0 Å². The fourth-order valence-corrected chi connectivity index (χ4v) is 2.24. The van der Waals surface area contributed by atoms with E-state index in [1.807, 2.05) is 0 Å². The van der Waals surface area contributed by atoms with Crippen molar-refractivity contribution in [1.82, 2.24) is 10.6 Å². The van der Waals surface area contributed by atoms with Crippen LogP contribution in [0, 0.1) is 6.92 Å². The van der Waals surface area contributed by atoms with Gasteiger partial charge >= 0.3 is 0 Å². The van der Waals surface area contributed by atoms with Gasteiger partial charge in [0.25, 0.3) is 0 Å². The molecule has 84 valence electrons. The summed E-state index contributed by atoms with van der Waals surface area (Å²) in [4.78, 5) is 0. The Balaban J connectivity index is 0.00000112. The highest BCUT2D eigenvalue weighted by atomic mass is 79.9. The molecule has 1 aromatic rings. The molecule has 0 aliphatic carbocycles. The van der Waals surface area contributed by atoms with Crippen molar-refractivity contribution in [3.63, 3.8) is 0 Å². The van der Waals surface area contributed by atoms with Crippen LogP contribution in [0.25, 0.3) is 0 Å². The minimum atomic E-state index is 0. The zero-order chi connectivity index (χ0) is 9.97. The lowest BCUT2D eigenvalue weighted by molar-refractivity contribution is 0.429. The fraction of sp³-hybridized carbons (Fsp3) is 0.455. The summed E-state index contributed by atoms with van der Waals surface area (Å²) in [5, 5.41) is 6.92. The van der Waals surface area contributed by atoms with E-state index in [-0.39, 0.29) is 12.4 Å². The van der Waals surface area contributed by atoms with Crippen LogP contribution in [0.15, 0.2) is 22.7 Å². The molecule has 0 amide bonds. The summed E-state index contributed by atoms with van der Waals surface area (Å²) in [6.07, 6.45) is 0. The second kappa shape index (κ2) is 5.85. The predicted octanol–water partition coefficient (Wildman–Crippen LogP) is 2.41. The Morgan fingerprint density at radius 2 is 2.13 bits per heavy atom. The number of benzene rings is 1. The Labute approximate surface area is 105 Å². The third kappa shape index (κ3) is 3.18. The molecule has 2 rings (SSSR count). The van der Waals surface area contributed by atoms with Crippen molar-refractivity contribution in [3.05, 3.63) is 33.8 Å².